The van der Waals surface area contributed by atoms with E-state index in [2.05, 4.69) is 10.0 Å². The maximum atomic E-state index is 12.9. The topological polar surface area (TPSA) is 122 Å². The summed E-state index contributed by atoms with van der Waals surface area (Å²) in [5.74, 6) is -1.24. The van der Waals surface area contributed by atoms with Crippen LogP contribution in [0.3, 0.4) is 0 Å². The third-order valence-corrected chi connectivity index (χ3v) is 6.98. The predicted octanol–water partition coefficient (Wildman–Crippen LogP) is 1.41. The molecule has 2 aliphatic heterocycles. The summed E-state index contributed by atoms with van der Waals surface area (Å²) in [6, 6.07) is 2.86. The van der Waals surface area contributed by atoms with Gasteiger partial charge in [-0.3, -0.25) is 14.4 Å². The van der Waals surface area contributed by atoms with Crippen molar-refractivity contribution >= 4 is 33.4 Å². The Bertz CT molecular complexity index is 981. The second kappa shape index (κ2) is 8.25. The minimum absolute atomic E-state index is 0.0574. The van der Waals surface area contributed by atoms with Gasteiger partial charge in [-0.15, -0.1) is 0 Å². The van der Waals surface area contributed by atoms with E-state index in [0.717, 1.165) is 0 Å². The van der Waals surface area contributed by atoms with Crippen molar-refractivity contribution in [1.29, 1.82) is 0 Å². The lowest BCUT2D eigenvalue weighted by molar-refractivity contribution is -0.133. The molecule has 3 amide bonds. The Morgan fingerprint density at radius 2 is 1.87 bits per heavy atom. The average Bonchev–Trinajstić information content (AvgIpc) is 2.66. The number of sulfonamides is 1. The van der Waals surface area contributed by atoms with Crippen molar-refractivity contribution in [3.63, 3.8) is 0 Å². The number of likely N-dealkylation sites (tertiary alicyclic amines) is 1. The van der Waals surface area contributed by atoms with Gasteiger partial charge in [0.25, 0.3) is 15.9 Å². The molecular weight excluding hydrogens is 410 g/mol. The van der Waals surface area contributed by atoms with Gasteiger partial charge in [-0.2, -0.15) is 0 Å². The number of hydrogen-bond acceptors (Lipinski definition) is 6. The zero-order valence-electron chi connectivity index (χ0n) is 17.5. The van der Waals surface area contributed by atoms with Gasteiger partial charge in [-0.05, 0) is 37.3 Å². The Morgan fingerprint density at radius 3 is 2.43 bits per heavy atom. The normalized spacial score (nSPS) is 19.7. The van der Waals surface area contributed by atoms with E-state index in [-0.39, 0.29) is 28.4 Å². The first kappa shape index (κ1) is 22.1. The second-order valence-electron chi connectivity index (χ2n) is 8.14. The third-order valence-electron chi connectivity index (χ3n) is 5.49. The summed E-state index contributed by atoms with van der Waals surface area (Å²) in [4.78, 5) is 37.7. The number of piperidine rings is 1. The molecule has 9 nitrogen and oxygen atoms in total. The van der Waals surface area contributed by atoms with E-state index in [9.17, 15) is 22.8 Å². The van der Waals surface area contributed by atoms with Gasteiger partial charge in [0, 0.05) is 32.0 Å². The molecule has 30 heavy (non-hydrogen) atoms. The third kappa shape index (κ3) is 4.43. The smallest absolute Gasteiger partial charge is 0.265 e. The SMILES string of the molecule is CC(=O)N1CCC(C(=O)NS(=O)(=O)c2cc3c(cc2C)NC(=O)[C@H](C(C)C)O3)CC1. The molecule has 1 atom stereocenters. The summed E-state index contributed by atoms with van der Waals surface area (Å²) < 4.78 is 33.7. The molecule has 0 aliphatic carbocycles. The van der Waals surface area contributed by atoms with Crippen LogP contribution in [0.1, 0.15) is 39.2 Å². The number of aryl methyl sites for hydroxylation is 1. The van der Waals surface area contributed by atoms with Gasteiger partial charge in [0.15, 0.2) is 6.10 Å². The zero-order valence-corrected chi connectivity index (χ0v) is 18.3. The molecule has 3 rings (SSSR count). The van der Waals surface area contributed by atoms with Crippen LogP contribution >= 0.6 is 0 Å². The van der Waals surface area contributed by atoms with Crippen molar-refractivity contribution in [2.75, 3.05) is 18.4 Å². The molecule has 0 spiro atoms. The van der Waals surface area contributed by atoms with Crippen molar-refractivity contribution < 1.29 is 27.5 Å². The highest BCUT2D eigenvalue weighted by molar-refractivity contribution is 7.90. The lowest BCUT2D eigenvalue weighted by Gasteiger charge is -2.30. The molecule has 0 bridgehead atoms. The maximum absolute atomic E-state index is 12.9. The molecule has 2 aliphatic rings. The summed E-state index contributed by atoms with van der Waals surface area (Å²) in [6.07, 6.45) is 0.0989. The molecule has 0 aromatic heterocycles. The fraction of sp³-hybridized carbons (Fsp3) is 0.550. The molecule has 0 saturated carbocycles. The lowest BCUT2D eigenvalue weighted by atomic mass is 9.96. The van der Waals surface area contributed by atoms with E-state index in [4.69, 9.17) is 4.74 Å². The standard InChI is InChI=1S/C20H27N3O6S/c1-11(2)18-20(26)21-15-9-12(3)17(10-16(15)29-18)30(27,28)22-19(25)14-5-7-23(8-6-14)13(4)24/h9-11,14,18H,5-8H2,1-4H3,(H,21,26)(H,22,25)/t18-/m0/s1. The number of anilines is 1. The highest BCUT2D eigenvalue weighted by Crippen LogP contribution is 2.35. The van der Waals surface area contributed by atoms with Crippen molar-refractivity contribution in [2.24, 2.45) is 11.8 Å². The van der Waals surface area contributed by atoms with Gasteiger partial charge in [-0.25, -0.2) is 13.1 Å². The largest absolute Gasteiger partial charge is 0.478 e. The van der Waals surface area contributed by atoms with Crippen LogP contribution in [0.5, 0.6) is 5.75 Å². The molecule has 164 valence electrons. The number of carbonyl (C=O) groups excluding carboxylic acids is 3. The highest BCUT2D eigenvalue weighted by Gasteiger charge is 2.33. The quantitative estimate of drug-likeness (QED) is 0.735. The Kier molecular flexibility index (Phi) is 6.07. The highest BCUT2D eigenvalue weighted by atomic mass is 32.2. The van der Waals surface area contributed by atoms with Crippen molar-refractivity contribution in [2.45, 2.75) is 51.5 Å². The number of benzene rings is 1. The van der Waals surface area contributed by atoms with E-state index in [1.54, 1.807) is 11.8 Å². The molecule has 2 heterocycles. The second-order valence-corrected chi connectivity index (χ2v) is 9.79. The molecule has 1 fully saturated rings. The number of fused-ring (bicyclic) bond motifs is 1. The Labute approximate surface area is 176 Å². The first-order chi connectivity index (χ1) is 14.0. The number of carbonyl (C=O) groups is 3. The van der Waals surface area contributed by atoms with Crippen LogP contribution in [0.25, 0.3) is 0 Å². The Morgan fingerprint density at radius 1 is 1.23 bits per heavy atom. The van der Waals surface area contributed by atoms with Gasteiger partial charge in [0.2, 0.25) is 11.8 Å². The van der Waals surface area contributed by atoms with Crippen LogP contribution in [0.15, 0.2) is 17.0 Å². The van der Waals surface area contributed by atoms with Crippen LogP contribution in [0.4, 0.5) is 5.69 Å². The first-order valence-electron chi connectivity index (χ1n) is 9.94. The molecule has 1 aromatic carbocycles. The van der Waals surface area contributed by atoms with Crippen molar-refractivity contribution in [1.82, 2.24) is 9.62 Å². The van der Waals surface area contributed by atoms with Crippen molar-refractivity contribution in [3.05, 3.63) is 17.7 Å². The average molecular weight is 438 g/mol. The van der Waals surface area contributed by atoms with Gasteiger partial charge in [0.1, 0.15) is 5.75 Å². The van der Waals surface area contributed by atoms with E-state index < -0.39 is 28.0 Å². The molecule has 1 saturated heterocycles. The maximum Gasteiger partial charge on any atom is 0.265 e. The number of amides is 3. The van der Waals surface area contributed by atoms with Crippen molar-refractivity contribution in [3.8, 4) is 5.75 Å². The first-order valence-corrected chi connectivity index (χ1v) is 11.4. The van der Waals surface area contributed by atoms with Gasteiger partial charge in [-0.1, -0.05) is 13.8 Å². The number of nitrogens with zero attached hydrogens (tertiary/aromatic N) is 1. The number of nitrogens with one attached hydrogen (secondary N) is 2. The fourth-order valence-corrected chi connectivity index (χ4v) is 5.00. The fourth-order valence-electron chi connectivity index (χ4n) is 3.71. The monoisotopic (exact) mass is 437 g/mol. The Hall–Kier alpha value is -2.62. The lowest BCUT2D eigenvalue weighted by Crippen LogP contribution is -2.43. The molecule has 0 radical (unpaired) electrons. The van der Waals surface area contributed by atoms with Crippen LogP contribution in [-0.4, -0.2) is 50.2 Å². The zero-order chi connectivity index (χ0) is 22.2. The number of rotatable bonds is 4. The van der Waals surface area contributed by atoms with E-state index in [1.807, 2.05) is 13.8 Å². The van der Waals surface area contributed by atoms with Crippen LogP contribution in [0.2, 0.25) is 0 Å². The van der Waals surface area contributed by atoms with E-state index in [1.165, 1.54) is 19.1 Å². The van der Waals surface area contributed by atoms with E-state index >= 15 is 0 Å². The molecule has 0 unspecified atom stereocenters. The molecular formula is C20H27N3O6S. The summed E-state index contributed by atoms with van der Waals surface area (Å²) in [5, 5.41) is 2.74. The van der Waals surface area contributed by atoms with Gasteiger partial charge >= 0.3 is 0 Å². The summed E-state index contributed by atoms with van der Waals surface area (Å²) in [6.45, 7) is 7.58. The molecule has 1 aromatic rings. The number of hydrogen-bond donors (Lipinski definition) is 2. The van der Waals surface area contributed by atoms with Crippen LogP contribution in [-0.2, 0) is 24.4 Å². The predicted molar refractivity (Wildman–Crippen MR) is 109 cm³/mol. The summed E-state index contributed by atoms with van der Waals surface area (Å²) in [7, 11) is -4.13. The number of ether oxygens (including phenoxy) is 1. The van der Waals surface area contributed by atoms with Crippen LogP contribution in [0, 0.1) is 18.8 Å². The summed E-state index contributed by atoms with van der Waals surface area (Å²) >= 11 is 0. The minimum atomic E-state index is -4.13. The Balaban J connectivity index is 1.78. The van der Waals surface area contributed by atoms with Gasteiger partial charge in [0.05, 0.1) is 10.6 Å². The minimum Gasteiger partial charge on any atom is -0.478 e. The van der Waals surface area contributed by atoms with Gasteiger partial charge < -0.3 is 15.0 Å². The van der Waals surface area contributed by atoms with Crippen LogP contribution < -0.4 is 14.8 Å². The molecule has 2 N–H and O–H groups in total. The molecule has 10 heteroatoms. The summed E-state index contributed by atoms with van der Waals surface area (Å²) in [5.41, 5.74) is 0.781. The van der Waals surface area contributed by atoms with E-state index in [0.29, 0.717) is 37.2 Å².